The summed E-state index contributed by atoms with van der Waals surface area (Å²) in [6, 6.07) is 1.69. The number of likely N-dealkylation sites (tertiary alicyclic amines) is 1. The Balaban J connectivity index is 1.31. The molecule has 0 aromatic carbocycles. The summed E-state index contributed by atoms with van der Waals surface area (Å²) < 4.78 is 16.4. The number of rotatable bonds is 5. The number of hydrogen-bond acceptors (Lipinski definition) is 6. The van der Waals surface area contributed by atoms with Crippen molar-refractivity contribution in [1.82, 2.24) is 29.9 Å². The minimum Gasteiger partial charge on any atom is -0.393 e. The minimum atomic E-state index is -1.43. The number of hydrogen-bond donors (Lipinski definition) is 3. The zero-order valence-electron chi connectivity index (χ0n) is 21.0. The number of alkyl halides is 1. The van der Waals surface area contributed by atoms with Gasteiger partial charge in [0.25, 0.3) is 0 Å². The van der Waals surface area contributed by atoms with Crippen LogP contribution >= 0.6 is 0 Å². The Labute approximate surface area is 208 Å². The molecule has 3 aromatic rings. The lowest BCUT2D eigenvalue weighted by Gasteiger charge is -2.38. The maximum atomic E-state index is 14.6. The van der Waals surface area contributed by atoms with Gasteiger partial charge in [0.2, 0.25) is 0 Å². The molecule has 1 unspecified atom stereocenters. The van der Waals surface area contributed by atoms with Gasteiger partial charge in [0.1, 0.15) is 11.4 Å². The van der Waals surface area contributed by atoms with Crippen molar-refractivity contribution < 1.29 is 14.3 Å². The second kappa shape index (κ2) is 8.16. The molecule has 6 rings (SSSR count). The van der Waals surface area contributed by atoms with Gasteiger partial charge in [-0.3, -0.25) is 14.8 Å². The Bertz CT molecular complexity index is 1300. The van der Waals surface area contributed by atoms with Crippen LogP contribution in [-0.4, -0.2) is 77.9 Å². The van der Waals surface area contributed by atoms with Gasteiger partial charge in [0, 0.05) is 31.4 Å². The Morgan fingerprint density at radius 2 is 2.11 bits per heavy atom. The number of carbonyl (C=O) groups excluding carboxylic acids is 1. The van der Waals surface area contributed by atoms with E-state index in [4.69, 9.17) is 5.10 Å². The highest BCUT2D eigenvalue weighted by Gasteiger charge is 2.53. The molecule has 1 atom stereocenters. The summed E-state index contributed by atoms with van der Waals surface area (Å²) >= 11 is 0. The fourth-order valence-electron chi connectivity index (χ4n) is 5.63. The van der Waals surface area contributed by atoms with Crippen LogP contribution in [0.1, 0.15) is 46.5 Å². The van der Waals surface area contributed by atoms with E-state index in [-0.39, 0.29) is 24.2 Å². The molecule has 5 heterocycles. The van der Waals surface area contributed by atoms with Gasteiger partial charge < -0.3 is 20.2 Å². The molecular formula is C25H33FN8O2. The average Bonchev–Trinajstić information content (AvgIpc) is 3.23. The van der Waals surface area contributed by atoms with E-state index in [0.717, 1.165) is 42.7 Å². The third-order valence-electron chi connectivity index (χ3n) is 7.59. The average molecular weight is 497 g/mol. The number of carbonyl (C=O) groups is 1. The van der Waals surface area contributed by atoms with Crippen molar-refractivity contribution >= 4 is 28.4 Å². The molecule has 0 bridgehead atoms. The lowest BCUT2D eigenvalue weighted by molar-refractivity contribution is 0.0527. The van der Waals surface area contributed by atoms with E-state index >= 15 is 0 Å². The second-order valence-corrected chi connectivity index (χ2v) is 11.4. The van der Waals surface area contributed by atoms with Crippen LogP contribution in [0.4, 0.5) is 20.7 Å². The number of anilines is 2. The summed E-state index contributed by atoms with van der Waals surface area (Å²) in [4.78, 5) is 21.9. The molecule has 3 aliphatic rings. The highest BCUT2D eigenvalue weighted by molar-refractivity contribution is 5.96. The topological polar surface area (TPSA) is 115 Å². The van der Waals surface area contributed by atoms with Crippen LogP contribution in [-0.2, 0) is 6.54 Å². The zero-order chi connectivity index (χ0) is 25.2. The van der Waals surface area contributed by atoms with Gasteiger partial charge in [-0.05, 0) is 51.5 Å². The number of aromatic nitrogens is 5. The molecule has 3 N–H and O–H groups in total. The van der Waals surface area contributed by atoms with Crippen molar-refractivity contribution in [3.05, 3.63) is 18.5 Å². The zero-order valence-corrected chi connectivity index (χ0v) is 21.0. The number of halogens is 1. The molecule has 1 spiro atoms. The number of nitrogens with zero attached hydrogens (tertiary/aromatic N) is 6. The number of aliphatic hydroxyl groups is 1. The van der Waals surface area contributed by atoms with Gasteiger partial charge in [-0.1, -0.05) is 6.92 Å². The van der Waals surface area contributed by atoms with E-state index in [2.05, 4.69) is 32.3 Å². The summed E-state index contributed by atoms with van der Waals surface area (Å²) in [5.41, 5.74) is 0.830. The fraction of sp³-hybridized carbons (Fsp3) is 0.600. The molecule has 192 valence electrons. The Morgan fingerprint density at radius 3 is 2.81 bits per heavy atom. The molecule has 0 radical (unpaired) electrons. The minimum absolute atomic E-state index is 0.117. The van der Waals surface area contributed by atoms with Crippen LogP contribution in [0.25, 0.3) is 22.3 Å². The van der Waals surface area contributed by atoms with Crippen LogP contribution in [0, 0.1) is 5.92 Å². The van der Waals surface area contributed by atoms with E-state index in [9.17, 15) is 14.3 Å². The van der Waals surface area contributed by atoms with Gasteiger partial charge >= 0.3 is 6.03 Å². The highest BCUT2D eigenvalue weighted by Crippen LogP contribution is 2.48. The van der Waals surface area contributed by atoms with Crippen LogP contribution < -0.4 is 10.2 Å². The molecule has 1 aliphatic carbocycles. The van der Waals surface area contributed by atoms with Gasteiger partial charge in [0.15, 0.2) is 5.82 Å². The molecule has 1 saturated carbocycles. The number of nitrogens with one attached hydrogen (secondary N) is 2. The number of aromatic amines is 1. The third kappa shape index (κ3) is 4.08. The quantitative estimate of drug-likeness (QED) is 0.498. The molecule has 3 aromatic heterocycles. The number of aliphatic hydroxyl groups excluding tert-OH is 1. The molecule has 36 heavy (non-hydrogen) atoms. The molecule has 11 heteroatoms. The monoisotopic (exact) mass is 496 g/mol. The SMILES string of the molecule is CC1CN(c2nn(CC(C)(C)F)c3cc(-c4[nH]ncc4NC(=O)N4CCC(O)CC45CC5)ncc23)C1. The van der Waals surface area contributed by atoms with Crippen LogP contribution in [0.3, 0.4) is 0 Å². The van der Waals surface area contributed by atoms with Crippen LogP contribution in [0.15, 0.2) is 18.5 Å². The van der Waals surface area contributed by atoms with Crippen LogP contribution in [0.5, 0.6) is 0 Å². The number of H-pyrrole nitrogens is 1. The molecular weight excluding hydrogens is 463 g/mol. The number of urea groups is 1. The van der Waals surface area contributed by atoms with E-state index in [1.165, 1.54) is 0 Å². The van der Waals surface area contributed by atoms with E-state index in [1.54, 1.807) is 30.9 Å². The van der Waals surface area contributed by atoms with Gasteiger partial charge in [-0.15, -0.1) is 0 Å². The van der Waals surface area contributed by atoms with Crippen molar-refractivity contribution in [1.29, 1.82) is 0 Å². The molecule has 10 nitrogen and oxygen atoms in total. The van der Waals surface area contributed by atoms with Crippen molar-refractivity contribution in [3.8, 4) is 11.4 Å². The molecule has 2 saturated heterocycles. The first-order valence-corrected chi connectivity index (χ1v) is 12.7. The summed E-state index contributed by atoms with van der Waals surface area (Å²) in [6.07, 6.45) is 6.05. The number of piperidine rings is 1. The first kappa shape index (κ1) is 23.2. The fourth-order valence-corrected chi connectivity index (χ4v) is 5.63. The first-order chi connectivity index (χ1) is 17.1. The number of amides is 2. The third-order valence-corrected chi connectivity index (χ3v) is 7.59. The molecule has 2 amide bonds. The summed E-state index contributed by atoms with van der Waals surface area (Å²) in [7, 11) is 0. The van der Waals surface area contributed by atoms with E-state index in [1.807, 2.05) is 11.0 Å². The smallest absolute Gasteiger partial charge is 0.322 e. The summed E-state index contributed by atoms with van der Waals surface area (Å²) in [5.74, 6) is 1.43. The normalized spacial score (nSPS) is 21.8. The van der Waals surface area contributed by atoms with Gasteiger partial charge in [-0.25, -0.2) is 9.18 Å². The second-order valence-electron chi connectivity index (χ2n) is 11.4. The number of pyridine rings is 1. The van der Waals surface area contributed by atoms with Crippen molar-refractivity contribution in [2.75, 3.05) is 29.9 Å². The predicted octanol–water partition coefficient (Wildman–Crippen LogP) is 3.55. The lowest BCUT2D eigenvalue weighted by atomic mass is 9.98. The Kier molecular flexibility index (Phi) is 5.26. The standard InChI is InChI=1S/C25H33FN8O2/c1-15-12-32(13-15)22-17-10-27-18(8-20(17)34(31-22)14-24(2,3)26)21-19(11-28-30-21)29-23(36)33-7-4-16(35)9-25(33)5-6-25/h8,10-11,15-16,35H,4-7,9,12-14H2,1-3H3,(H,28,30)(H,29,36). The number of fused-ring (bicyclic) bond motifs is 1. The summed E-state index contributed by atoms with van der Waals surface area (Å²) in [6.45, 7) is 7.76. The Hall–Kier alpha value is -3.21. The van der Waals surface area contributed by atoms with Crippen molar-refractivity contribution in [3.63, 3.8) is 0 Å². The van der Waals surface area contributed by atoms with E-state index in [0.29, 0.717) is 42.4 Å². The maximum Gasteiger partial charge on any atom is 0.322 e. The first-order valence-electron chi connectivity index (χ1n) is 12.7. The highest BCUT2D eigenvalue weighted by atomic mass is 19.1. The predicted molar refractivity (Wildman–Crippen MR) is 135 cm³/mol. The molecule has 2 aliphatic heterocycles. The Morgan fingerprint density at radius 1 is 1.33 bits per heavy atom. The van der Waals surface area contributed by atoms with Crippen molar-refractivity contribution in [2.24, 2.45) is 5.92 Å². The maximum absolute atomic E-state index is 14.6. The largest absolute Gasteiger partial charge is 0.393 e. The molecule has 3 fully saturated rings. The van der Waals surface area contributed by atoms with Crippen molar-refractivity contribution in [2.45, 2.75) is 70.3 Å². The summed E-state index contributed by atoms with van der Waals surface area (Å²) in [5, 5.41) is 25.8. The van der Waals surface area contributed by atoms with Crippen LogP contribution in [0.2, 0.25) is 0 Å². The van der Waals surface area contributed by atoms with Gasteiger partial charge in [0.05, 0.1) is 41.1 Å². The lowest BCUT2D eigenvalue weighted by Crippen LogP contribution is -2.51. The van der Waals surface area contributed by atoms with E-state index < -0.39 is 5.67 Å². The van der Waals surface area contributed by atoms with Gasteiger partial charge in [-0.2, -0.15) is 10.2 Å².